The standard InChI is InChI=1S/C22H25N5O3S/c1-16-3-5-17(6-4-16)22(28)18-11-13-26(14-12-18)15-21-23-24-25-27(21)19-7-9-20(10-8-19)31(2,29)30/h3-10,18H,11-15H2,1-2H3. The highest BCUT2D eigenvalue weighted by Crippen LogP contribution is 2.23. The van der Waals surface area contributed by atoms with Crippen molar-refractivity contribution < 1.29 is 13.2 Å². The van der Waals surface area contributed by atoms with Gasteiger partial charge in [0.25, 0.3) is 0 Å². The van der Waals surface area contributed by atoms with E-state index in [-0.39, 0.29) is 16.6 Å². The Labute approximate surface area is 181 Å². The molecule has 0 saturated carbocycles. The summed E-state index contributed by atoms with van der Waals surface area (Å²) in [4.78, 5) is 15.3. The maximum Gasteiger partial charge on any atom is 0.175 e. The lowest BCUT2D eigenvalue weighted by Gasteiger charge is -2.30. The van der Waals surface area contributed by atoms with Crippen LogP contribution < -0.4 is 0 Å². The molecule has 0 amide bonds. The van der Waals surface area contributed by atoms with Gasteiger partial charge >= 0.3 is 0 Å². The number of Topliss-reactive ketones (excluding diaryl/α,β-unsaturated/α-hetero) is 1. The van der Waals surface area contributed by atoms with Gasteiger partial charge in [-0.2, -0.15) is 4.68 Å². The second-order valence-electron chi connectivity index (χ2n) is 8.05. The lowest BCUT2D eigenvalue weighted by atomic mass is 9.88. The van der Waals surface area contributed by atoms with Gasteiger partial charge < -0.3 is 0 Å². The molecule has 0 radical (unpaired) electrons. The van der Waals surface area contributed by atoms with Crippen molar-refractivity contribution in [2.45, 2.75) is 31.2 Å². The Morgan fingerprint density at radius 1 is 1.03 bits per heavy atom. The number of carbonyl (C=O) groups excluding carboxylic acids is 1. The van der Waals surface area contributed by atoms with Gasteiger partial charge in [-0.05, 0) is 67.5 Å². The number of benzene rings is 2. The van der Waals surface area contributed by atoms with Gasteiger partial charge in [0.1, 0.15) is 0 Å². The number of rotatable bonds is 6. The molecule has 4 rings (SSSR count). The summed E-state index contributed by atoms with van der Waals surface area (Å²) in [6, 6.07) is 14.3. The maximum atomic E-state index is 12.8. The minimum Gasteiger partial charge on any atom is -0.296 e. The molecule has 2 heterocycles. The van der Waals surface area contributed by atoms with Crippen molar-refractivity contribution in [2.75, 3.05) is 19.3 Å². The highest BCUT2D eigenvalue weighted by molar-refractivity contribution is 7.90. The Balaban J connectivity index is 1.39. The first-order chi connectivity index (χ1) is 14.8. The number of sulfone groups is 1. The second kappa shape index (κ2) is 8.68. The molecule has 0 atom stereocenters. The first-order valence-corrected chi connectivity index (χ1v) is 12.1. The Morgan fingerprint density at radius 3 is 2.29 bits per heavy atom. The average molecular weight is 440 g/mol. The highest BCUT2D eigenvalue weighted by Gasteiger charge is 2.26. The number of hydrogen-bond donors (Lipinski definition) is 0. The van der Waals surface area contributed by atoms with Crippen LogP contribution in [0.5, 0.6) is 0 Å². The van der Waals surface area contributed by atoms with Gasteiger partial charge in [-0.25, -0.2) is 8.42 Å². The fourth-order valence-electron chi connectivity index (χ4n) is 3.85. The smallest absolute Gasteiger partial charge is 0.175 e. The number of piperidine rings is 1. The number of likely N-dealkylation sites (tertiary alicyclic amines) is 1. The molecular formula is C22H25N5O3S. The van der Waals surface area contributed by atoms with Crippen molar-refractivity contribution in [3.05, 3.63) is 65.5 Å². The second-order valence-corrected chi connectivity index (χ2v) is 10.1. The topological polar surface area (TPSA) is 98.1 Å². The van der Waals surface area contributed by atoms with E-state index in [0.717, 1.165) is 37.1 Å². The number of nitrogens with zero attached hydrogens (tertiary/aromatic N) is 5. The van der Waals surface area contributed by atoms with Crippen LogP contribution in [0.1, 0.15) is 34.6 Å². The van der Waals surface area contributed by atoms with Crippen LogP contribution in [0.2, 0.25) is 0 Å². The molecule has 1 fully saturated rings. The van der Waals surface area contributed by atoms with Crippen molar-refractivity contribution in [3.63, 3.8) is 0 Å². The van der Waals surface area contributed by atoms with E-state index < -0.39 is 9.84 Å². The van der Waals surface area contributed by atoms with Crippen LogP contribution >= 0.6 is 0 Å². The van der Waals surface area contributed by atoms with Crippen molar-refractivity contribution in [1.29, 1.82) is 0 Å². The predicted octanol–water partition coefficient (Wildman–Crippen LogP) is 2.47. The zero-order valence-electron chi connectivity index (χ0n) is 17.6. The molecule has 9 heteroatoms. The molecule has 2 aromatic carbocycles. The van der Waals surface area contributed by atoms with Crippen LogP contribution in [0.4, 0.5) is 0 Å². The minimum absolute atomic E-state index is 0.0403. The lowest BCUT2D eigenvalue weighted by molar-refractivity contribution is 0.0832. The van der Waals surface area contributed by atoms with E-state index >= 15 is 0 Å². The summed E-state index contributed by atoms with van der Waals surface area (Å²) in [5, 5.41) is 12.0. The highest BCUT2D eigenvalue weighted by atomic mass is 32.2. The summed E-state index contributed by atoms with van der Waals surface area (Å²) in [7, 11) is -3.25. The van der Waals surface area contributed by atoms with Crippen LogP contribution in [0.15, 0.2) is 53.4 Å². The van der Waals surface area contributed by atoms with Crippen LogP contribution in [-0.4, -0.2) is 58.7 Å². The predicted molar refractivity (Wildman–Crippen MR) is 116 cm³/mol. The Bertz CT molecular complexity index is 1160. The van der Waals surface area contributed by atoms with Crippen molar-refractivity contribution in [2.24, 2.45) is 5.92 Å². The molecule has 0 N–H and O–H groups in total. The zero-order valence-corrected chi connectivity index (χ0v) is 18.4. The number of hydrogen-bond acceptors (Lipinski definition) is 7. The van der Waals surface area contributed by atoms with E-state index in [1.54, 1.807) is 28.9 Å². The fraction of sp³-hybridized carbons (Fsp3) is 0.364. The van der Waals surface area contributed by atoms with E-state index in [1.165, 1.54) is 6.26 Å². The van der Waals surface area contributed by atoms with E-state index in [2.05, 4.69) is 20.4 Å². The molecule has 0 unspecified atom stereocenters. The Kier molecular flexibility index (Phi) is 5.97. The molecule has 0 aliphatic carbocycles. The SMILES string of the molecule is Cc1ccc(C(=O)C2CCN(Cc3nnnn3-c3ccc(S(C)(=O)=O)cc3)CC2)cc1. The fourth-order valence-corrected chi connectivity index (χ4v) is 4.48. The number of carbonyl (C=O) groups is 1. The molecule has 3 aromatic rings. The zero-order chi connectivity index (χ0) is 22.0. The molecule has 0 spiro atoms. The molecule has 1 aromatic heterocycles. The van der Waals surface area contributed by atoms with Crippen LogP contribution in [0.3, 0.4) is 0 Å². The van der Waals surface area contributed by atoms with Gasteiger partial charge in [0.2, 0.25) is 0 Å². The minimum atomic E-state index is -3.25. The third-order valence-corrected chi connectivity index (χ3v) is 6.83. The van der Waals surface area contributed by atoms with Crippen LogP contribution in [0.25, 0.3) is 5.69 Å². The molecule has 162 valence electrons. The van der Waals surface area contributed by atoms with Gasteiger partial charge in [-0.3, -0.25) is 9.69 Å². The van der Waals surface area contributed by atoms with E-state index in [0.29, 0.717) is 18.1 Å². The Hall–Kier alpha value is -2.91. The number of ketones is 1. The third kappa shape index (κ3) is 4.88. The third-order valence-electron chi connectivity index (χ3n) is 5.70. The largest absolute Gasteiger partial charge is 0.296 e. The first-order valence-electron chi connectivity index (χ1n) is 10.2. The van der Waals surface area contributed by atoms with Crippen molar-refractivity contribution in [3.8, 4) is 5.69 Å². The summed E-state index contributed by atoms with van der Waals surface area (Å²) in [5.41, 5.74) is 2.64. The Morgan fingerprint density at radius 2 is 1.68 bits per heavy atom. The number of aromatic nitrogens is 4. The van der Waals surface area contributed by atoms with Gasteiger partial charge in [0.15, 0.2) is 21.4 Å². The van der Waals surface area contributed by atoms with Gasteiger partial charge in [-0.15, -0.1) is 5.10 Å². The molecule has 31 heavy (non-hydrogen) atoms. The van der Waals surface area contributed by atoms with Crippen molar-refractivity contribution in [1.82, 2.24) is 25.1 Å². The van der Waals surface area contributed by atoms with Crippen molar-refractivity contribution >= 4 is 15.6 Å². The van der Waals surface area contributed by atoms with E-state index in [4.69, 9.17) is 0 Å². The van der Waals surface area contributed by atoms with E-state index in [1.807, 2.05) is 31.2 Å². The average Bonchev–Trinajstić information content (AvgIpc) is 3.22. The molecule has 1 saturated heterocycles. The first kappa shape index (κ1) is 21.3. The van der Waals surface area contributed by atoms with Crippen LogP contribution in [-0.2, 0) is 16.4 Å². The van der Waals surface area contributed by atoms with Crippen LogP contribution in [0, 0.1) is 12.8 Å². The lowest BCUT2D eigenvalue weighted by Crippen LogP contribution is -2.36. The monoisotopic (exact) mass is 439 g/mol. The molecular weight excluding hydrogens is 414 g/mol. The molecule has 0 bridgehead atoms. The summed E-state index contributed by atoms with van der Waals surface area (Å²) in [6.45, 7) is 4.16. The molecule has 1 aliphatic heterocycles. The van der Waals surface area contributed by atoms with E-state index in [9.17, 15) is 13.2 Å². The maximum absolute atomic E-state index is 12.8. The van der Waals surface area contributed by atoms with Gasteiger partial charge in [0, 0.05) is 17.7 Å². The summed E-state index contributed by atoms with van der Waals surface area (Å²) in [6.07, 6.45) is 2.78. The summed E-state index contributed by atoms with van der Waals surface area (Å²) < 4.78 is 24.9. The normalized spacial score (nSPS) is 15.8. The number of tetrazole rings is 1. The molecule has 8 nitrogen and oxygen atoms in total. The van der Waals surface area contributed by atoms with Gasteiger partial charge in [0.05, 0.1) is 17.1 Å². The quantitative estimate of drug-likeness (QED) is 0.544. The summed E-state index contributed by atoms with van der Waals surface area (Å²) >= 11 is 0. The summed E-state index contributed by atoms with van der Waals surface area (Å²) in [5.74, 6) is 0.935. The van der Waals surface area contributed by atoms with Gasteiger partial charge in [-0.1, -0.05) is 29.8 Å². The molecule has 1 aliphatic rings. The number of aryl methyl sites for hydroxylation is 1.